The van der Waals surface area contributed by atoms with Crippen molar-refractivity contribution in [1.82, 2.24) is 15.5 Å². The minimum Gasteiger partial charge on any atom is -0.480 e. The number of hydrogen-bond acceptors (Lipinski definition) is 3. The highest BCUT2D eigenvalue weighted by Crippen LogP contribution is 1.91. The van der Waals surface area contributed by atoms with Crippen molar-refractivity contribution in [1.29, 1.82) is 0 Å². The molecule has 2 amide bonds. The molecule has 2 atom stereocenters. The maximum absolute atomic E-state index is 11.4. The monoisotopic (exact) mass is 231 g/mol. The lowest BCUT2D eigenvalue weighted by atomic mass is 10.2. The Morgan fingerprint density at radius 3 is 2.25 bits per heavy atom. The van der Waals surface area contributed by atoms with Gasteiger partial charge in [-0.2, -0.15) is 0 Å². The molecule has 3 N–H and O–H groups in total. The molecule has 0 rings (SSSR count). The van der Waals surface area contributed by atoms with Gasteiger partial charge >= 0.3 is 12.0 Å². The second kappa shape index (κ2) is 7.05. The molecule has 0 aromatic heterocycles. The first-order valence-corrected chi connectivity index (χ1v) is 5.31. The summed E-state index contributed by atoms with van der Waals surface area (Å²) in [6, 6.07) is -1.29. The van der Waals surface area contributed by atoms with Crippen molar-refractivity contribution in [3.8, 4) is 0 Å². The van der Waals surface area contributed by atoms with Crippen molar-refractivity contribution in [3.63, 3.8) is 0 Å². The average molecular weight is 231 g/mol. The number of carbonyl (C=O) groups is 2. The highest BCUT2D eigenvalue weighted by molar-refractivity contribution is 5.82. The predicted octanol–water partition coefficient (Wildman–Crippen LogP) is 0.0989. The van der Waals surface area contributed by atoms with Crippen LogP contribution in [0.3, 0.4) is 0 Å². The highest BCUT2D eigenvalue weighted by atomic mass is 16.4. The van der Waals surface area contributed by atoms with Crippen LogP contribution in [0.1, 0.15) is 20.3 Å². The Morgan fingerprint density at radius 2 is 1.88 bits per heavy atom. The zero-order valence-electron chi connectivity index (χ0n) is 10.3. The van der Waals surface area contributed by atoms with Gasteiger partial charge in [0.25, 0.3) is 0 Å². The lowest BCUT2D eigenvalue weighted by molar-refractivity contribution is -0.139. The number of hydrogen-bond donors (Lipinski definition) is 3. The Morgan fingerprint density at radius 1 is 1.31 bits per heavy atom. The molecule has 2 unspecified atom stereocenters. The van der Waals surface area contributed by atoms with E-state index in [0.717, 1.165) is 0 Å². The third-order valence-electron chi connectivity index (χ3n) is 2.03. The zero-order valence-corrected chi connectivity index (χ0v) is 10.3. The Hall–Kier alpha value is -1.30. The van der Waals surface area contributed by atoms with Crippen LogP contribution >= 0.6 is 0 Å². The summed E-state index contributed by atoms with van der Waals surface area (Å²) in [7, 11) is 3.81. The van der Waals surface area contributed by atoms with Crippen LogP contribution in [0.2, 0.25) is 0 Å². The molecule has 0 saturated heterocycles. The number of likely N-dealkylation sites (N-methyl/N-ethyl adjacent to an activating group) is 1. The first-order chi connectivity index (χ1) is 7.36. The fourth-order valence-corrected chi connectivity index (χ4v) is 1.36. The minimum absolute atomic E-state index is 0.0266. The molecule has 0 saturated carbocycles. The molecular formula is C10H21N3O3. The molecule has 0 aliphatic carbocycles. The number of carboxylic acids is 1. The van der Waals surface area contributed by atoms with E-state index < -0.39 is 18.0 Å². The van der Waals surface area contributed by atoms with Gasteiger partial charge in [-0.1, -0.05) is 6.92 Å². The Balaban J connectivity index is 4.02. The van der Waals surface area contributed by atoms with Crippen LogP contribution in [-0.4, -0.2) is 54.7 Å². The summed E-state index contributed by atoms with van der Waals surface area (Å²) in [4.78, 5) is 24.0. The summed E-state index contributed by atoms with van der Waals surface area (Å²) in [6.45, 7) is 4.28. The molecule has 0 aromatic rings. The average Bonchev–Trinajstić information content (AvgIpc) is 2.11. The number of nitrogens with one attached hydrogen (secondary N) is 2. The molecule has 0 aromatic carbocycles. The number of aliphatic carboxylic acids is 1. The third-order valence-corrected chi connectivity index (χ3v) is 2.03. The SMILES string of the molecule is CCC(NC(=O)NC(C)CN(C)C)C(=O)O. The smallest absolute Gasteiger partial charge is 0.326 e. The summed E-state index contributed by atoms with van der Waals surface area (Å²) in [5.41, 5.74) is 0. The molecule has 0 aliphatic heterocycles. The fraction of sp³-hybridized carbons (Fsp3) is 0.800. The van der Waals surface area contributed by atoms with Crippen LogP contribution in [0.4, 0.5) is 4.79 Å². The van der Waals surface area contributed by atoms with Crippen LogP contribution in [0.5, 0.6) is 0 Å². The second-order valence-electron chi connectivity index (χ2n) is 4.08. The van der Waals surface area contributed by atoms with Crippen LogP contribution < -0.4 is 10.6 Å². The molecule has 94 valence electrons. The Kier molecular flexibility index (Phi) is 6.48. The summed E-state index contributed by atoms with van der Waals surface area (Å²) in [5, 5.41) is 13.8. The van der Waals surface area contributed by atoms with E-state index in [4.69, 9.17) is 5.11 Å². The normalized spacial score (nSPS) is 14.3. The second-order valence-corrected chi connectivity index (χ2v) is 4.08. The van der Waals surface area contributed by atoms with Crippen molar-refractivity contribution in [2.24, 2.45) is 0 Å². The summed E-state index contributed by atoms with van der Waals surface area (Å²) >= 11 is 0. The maximum Gasteiger partial charge on any atom is 0.326 e. The van der Waals surface area contributed by atoms with Gasteiger partial charge in [-0.15, -0.1) is 0 Å². The Labute approximate surface area is 96.0 Å². The third kappa shape index (κ3) is 6.23. The van der Waals surface area contributed by atoms with Crippen molar-refractivity contribution < 1.29 is 14.7 Å². The topological polar surface area (TPSA) is 81.7 Å². The number of urea groups is 1. The number of rotatable bonds is 6. The van der Waals surface area contributed by atoms with Crippen molar-refractivity contribution >= 4 is 12.0 Å². The van der Waals surface area contributed by atoms with Crippen molar-refractivity contribution in [3.05, 3.63) is 0 Å². The van der Waals surface area contributed by atoms with E-state index in [2.05, 4.69) is 10.6 Å². The number of carbonyl (C=O) groups excluding carboxylic acids is 1. The molecule has 0 spiro atoms. The van der Waals surface area contributed by atoms with E-state index in [1.54, 1.807) is 6.92 Å². The standard InChI is InChI=1S/C10H21N3O3/c1-5-8(9(14)15)12-10(16)11-7(2)6-13(3)4/h7-8H,5-6H2,1-4H3,(H,14,15)(H2,11,12,16). The van der Waals surface area contributed by atoms with Crippen molar-refractivity contribution in [2.75, 3.05) is 20.6 Å². The van der Waals surface area contributed by atoms with Crippen molar-refractivity contribution in [2.45, 2.75) is 32.4 Å². The van der Waals surface area contributed by atoms with Gasteiger partial charge in [-0.25, -0.2) is 9.59 Å². The van der Waals surface area contributed by atoms with Crippen LogP contribution in [0, 0.1) is 0 Å². The minimum atomic E-state index is -1.02. The first kappa shape index (κ1) is 14.7. The molecule has 0 radical (unpaired) electrons. The fourth-order valence-electron chi connectivity index (χ4n) is 1.36. The maximum atomic E-state index is 11.4. The van der Waals surface area contributed by atoms with E-state index in [1.165, 1.54) is 0 Å². The largest absolute Gasteiger partial charge is 0.480 e. The number of amides is 2. The van der Waals surface area contributed by atoms with E-state index in [-0.39, 0.29) is 6.04 Å². The van der Waals surface area contributed by atoms with Crippen LogP contribution in [-0.2, 0) is 4.79 Å². The van der Waals surface area contributed by atoms with Gasteiger partial charge in [-0.3, -0.25) is 0 Å². The van der Waals surface area contributed by atoms with Gasteiger partial charge in [0.15, 0.2) is 0 Å². The quantitative estimate of drug-likeness (QED) is 0.605. The molecular weight excluding hydrogens is 210 g/mol. The highest BCUT2D eigenvalue weighted by Gasteiger charge is 2.18. The number of nitrogens with zero attached hydrogens (tertiary/aromatic N) is 1. The van der Waals surface area contributed by atoms with Crippen LogP contribution in [0.25, 0.3) is 0 Å². The van der Waals surface area contributed by atoms with Gasteiger partial charge in [0.2, 0.25) is 0 Å². The van der Waals surface area contributed by atoms with Gasteiger partial charge in [0, 0.05) is 12.6 Å². The molecule has 6 heteroatoms. The lowest BCUT2D eigenvalue weighted by Crippen LogP contribution is -2.50. The molecule has 0 fully saturated rings. The van der Waals surface area contributed by atoms with E-state index in [9.17, 15) is 9.59 Å². The number of carboxylic acid groups (broad SMARTS) is 1. The predicted molar refractivity (Wildman–Crippen MR) is 61.4 cm³/mol. The van der Waals surface area contributed by atoms with Gasteiger partial charge in [-0.05, 0) is 27.4 Å². The van der Waals surface area contributed by atoms with Gasteiger partial charge in [0.05, 0.1) is 0 Å². The zero-order chi connectivity index (χ0) is 12.7. The lowest BCUT2D eigenvalue weighted by Gasteiger charge is -2.20. The van der Waals surface area contributed by atoms with Crippen LogP contribution in [0.15, 0.2) is 0 Å². The molecule has 0 aliphatic rings. The molecule has 16 heavy (non-hydrogen) atoms. The van der Waals surface area contributed by atoms with E-state index in [1.807, 2.05) is 25.9 Å². The van der Waals surface area contributed by atoms with E-state index in [0.29, 0.717) is 13.0 Å². The summed E-state index contributed by atoms with van der Waals surface area (Å²) < 4.78 is 0. The molecule has 6 nitrogen and oxygen atoms in total. The van der Waals surface area contributed by atoms with E-state index >= 15 is 0 Å². The molecule has 0 heterocycles. The summed E-state index contributed by atoms with van der Waals surface area (Å²) in [5.74, 6) is -1.02. The summed E-state index contributed by atoms with van der Waals surface area (Å²) in [6.07, 6.45) is 0.366. The first-order valence-electron chi connectivity index (χ1n) is 5.31. The van der Waals surface area contributed by atoms with Gasteiger partial charge in [0.1, 0.15) is 6.04 Å². The molecule has 0 bridgehead atoms. The Bertz CT molecular complexity index is 243. The van der Waals surface area contributed by atoms with Gasteiger partial charge < -0.3 is 20.6 Å².